The van der Waals surface area contributed by atoms with Crippen LogP contribution in [0.2, 0.25) is 0 Å². The van der Waals surface area contributed by atoms with E-state index in [-0.39, 0.29) is 31.4 Å². The van der Waals surface area contributed by atoms with Crippen LogP contribution < -0.4 is 20.3 Å². The molecule has 0 aliphatic carbocycles. The molecule has 1 saturated heterocycles. The third-order valence-corrected chi connectivity index (χ3v) is 6.71. The molecule has 1 amide bonds. The van der Waals surface area contributed by atoms with Gasteiger partial charge >= 0.3 is 0 Å². The van der Waals surface area contributed by atoms with Gasteiger partial charge in [0.2, 0.25) is 5.91 Å². The predicted molar refractivity (Wildman–Crippen MR) is 140 cm³/mol. The number of thiazole rings is 1. The van der Waals surface area contributed by atoms with Crippen LogP contribution in [0.25, 0.3) is 11.3 Å². The van der Waals surface area contributed by atoms with Crippen molar-refractivity contribution in [1.29, 1.82) is 0 Å². The second kappa shape index (κ2) is 13.3. The van der Waals surface area contributed by atoms with Crippen LogP contribution in [0.5, 0.6) is 0 Å². The maximum atomic E-state index is 13.4. The van der Waals surface area contributed by atoms with Crippen LogP contribution >= 0.6 is 11.3 Å². The van der Waals surface area contributed by atoms with Crippen LogP contribution in [0.3, 0.4) is 0 Å². The number of aliphatic hydroxyl groups is 1. The standard InChI is InChI=1S/C26H32FN5O3S/c27-21-4-6-22(7-5-21)30-26-32(12-1-10-28-18-25(34)29-11-15-33)24(19-36-26)20-2-8-23(9-3-20)31-13-16-35-17-14-31/h2-9,19,28,33H,1,10-18H2,(H,29,34). The monoisotopic (exact) mass is 513 g/mol. The van der Waals surface area contributed by atoms with Crippen molar-refractivity contribution in [3.05, 3.63) is 64.5 Å². The lowest BCUT2D eigenvalue weighted by atomic mass is 10.1. The van der Waals surface area contributed by atoms with Gasteiger partial charge in [0.05, 0.1) is 37.7 Å². The number of aliphatic hydroxyl groups excluding tert-OH is 1. The number of carbonyl (C=O) groups excluding carboxylic acids is 1. The van der Waals surface area contributed by atoms with Gasteiger partial charge in [-0.25, -0.2) is 9.38 Å². The molecule has 0 radical (unpaired) electrons. The molecule has 1 aliphatic rings. The van der Waals surface area contributed by atoms with E-state index in [1.165, 1.54) is 17.8 Å². The zero-order valence-electron chi connectivity index (χ0n) is 20.2. The molecule has 3 N–H and O–H groups in total. The lowest BCUT2D eigenvalue weighted by Crippen LogP contribution is -2.36. The van der Waals surface area contributed by atoms with Gasteiger partial charge in [0.25, 0.3) is 0 Å². The molecule has 2 heterocycles. The summed E-state index contributed by atoms with van der Waals surface area (Å²) in [6, 6.07) is 14.7. The van der Waals surface area contributed by atoms with E-state index in [0.29, 0.717) is 18.8 Å². The van der Waals surface area contributed by atoms with Gasteiger partial charge in [-0.2, -0.15) is 0 Å². The Labute approximate surface area is 214 Å². The summed E-state index contributed by atoms with van der Waals surface area (Å²) in [5, 5.41) is 16.7. The predicted octanol–water partition coefficient (Wildman–Crippen LogP) is 2.51. The highest BCUT2D eigenvalue weighted by molar-refractivity contribution is 7.07. The average Bonchev–Trinajstić information content (AvgIpc) is 3.31. The van der Waals surface area contributed by atoms with Crippen molar-refractivity contribution in [2.24, 2.45) is 4.99 Å². The molecule has 1 aromatic heterocycles. The van der Waals surface area contributed by atoms with Crippen molar-refractivity contribution < 1.29 is 19.0 Å². The molecular formula is C26H32FN5O3S. The van der Waals surface area contributed by atoms with Crippen LogP contribution in [0.1, 0.15) is 6.42 Å². The number of amides is 1. The molecule has 3 aromatic rings. The van der Waals surface area contributed by atoms with Gasteiger partial charge in [0.1, 0.15) is 5.82 Å². The number of hydrogen-bond donors (Lipinski definition) is 3. The summed E-state index contributed by atoms with van der Waals surface area (Å²) < 4.78 is 21.0. The first-order chi connectivity index (χ1) is 17.6. The maximum Gasteiger partial charge on any atom is 0.234 e. The van der Waals surface area contributed by atoms with E-state index in [1.807, 2.05) is 0 Å². The van der Waals surface area contributed by atoms with E-state index >= 15 is 0 Å². The van der Waals surface area contributed by atoms with Crippen LogP contribution in [0.4, 0.5) is 15.8 Å². The fourth-order valence-electron chi connectivity index (χ4n) is 3.98. The van der Waals surface area contributed by atoms with Crippen LogP contribution in [-0.4, -0.2) is 68.1 Å². The first-order valence-corrected chi connectivity index (χ1v) is 13.0. The molecule has 36 heavy (non-hydrogen) atoms. The van der Waals surface area contributed by atoms with Gasteiger partial charge in [-0.05, 0) is 54.9 Å². The molecule has 1 aliphatic heterocycles. The smallest absolute Gasteiger partial charge is 0.234 e. The highest BCUT2D eigenvalue weighted by Gasteiger charge is 2.13. The van der Waals surface area contributed by atoms with Crippen molar-refractivity contribution in [3.8, 4) is 11.3 Å². The van der Waals surface area contributed by atoms with E-state index in [1.54, 1.807) is 23.5 Å². The van der Waals surface area contributed by atoms with Crippen LogP contribution in [0, 0.1) is 5.82 Å². The molecule has 0 bridgehead atoms. The minimum absolute atomic E-state index is 0.0723. The molecule has 0 spiro atoms. The van der Waals surface area contributed by atoms with Gasteiger partial charge in [0.15, 0.2) is 4.80 Å². The third-order valence-electron chi connectivity index (χ3n) is 5.84. The van der Waals surface area contributed by atoms with Crippen molar-refractivity contribution in [1.82, 2.24) is 15.2 Å². The van der Waals surface area contributed by atoms with E-state index in [2.05, 4.69) is 49.7 Å². The number of hydrogen-bond acceptors (Lipinski definition) is 7. The molecule has 8 nitrogen and oxygen atoms in total. The lowest BCUT2D eigenvalue weighted by Gasteiger charge is -2.28. The number of halogens is 1. The van der Waals surface area contributed by atoms with Gasteiger partial charge in [-0.3, -0.25) is 4.79 Å². The Balaban J connectivity index is 1.50. The number of nitrogens with one attached hydrogen (secondary N) is 2. The van der Waals surface area contributed by atoms with Gasteiger partial charge in [0, 0.05) is 37.2 Å². The summed E-state index contributed by atoms with van der Waals surface area (Å²) in [4.78, 5) is 19.6. The Kier molecular flexibility index (Phi) is 9.62. The Morgan fingerprint density at radius 3 is 2.56 bits per heavy atom. The molecule has 1 fully saturated rings. The SMILES string of the molecule is O=C(CNCCCn1c(-c2ccc(N3CCOCC3)cc2)csc1=Nc1ccc(F)cc1)NCCO. The van der Waals surface area contributed by atoms with Crippen LogP contribution in [0.15, 0.2) is 58.9 Å². The summed E-state index contributed by atoms with van der Waals surface area (Å²) in [5.41, 5.74) is 4.04. The minimum Gasteiger partial charge on any atom is -0.395 e. The summed E-state index contributed by atoms with van der Waals surface area (Å²) >= 11 is 1.55. The van der Waals surface area contributed by atoms with E-state index in [9.17, 15) is 9.18 Å². The molecule has 10 heteroatoms. The number of ether oxygens (including phenoxy) is 1. The zero-order chi connectivity index (χ0) is 25.2. The van der Waals surface area contributed by atoms with Crippen molar-refractivity contribution in [2.75, 3.05) is 57.4 Å². The molecule has 192 valence electrons. The molecule has 0 atom stereocenters. The van der Waals surface area contributed by atoms with Crippen molar-refractivity contribution in [3.63, 3.8) is 0 Å². The molecule has 2 aromatic carbocycles. The molecular weight excluding hydrogens is 481 g/mol. The summed E-state index contributed by atoms with van der Waals surface area (Å²) in [5.74, 6) is -0.427. The van der Waals surface area contributed by atoms with Crippen molar-refractivity contribution in [2.45, 2.75) is 13.0 Å². The van der Waals surface area contributed by atoms with E-state index in [4.69, 9.17) is 14.8 Å². The average molecular weight is 514 g/mol. The number of nitrogens with zero attached hydrogens (tertiary/aromatic N) is 3. The first-order valence-electron chi connectivity index (χ1n) is 12.1. The fourth-order valence-corrected chi connectivity index (χ4v) is 4.93. The second-order valence-electron chi connectivity index (χ2n) is 8.39. The van der Waals surface area contributed by atoms with Crippen LogP contribution in [-0.2, 0) is 16.1 Å². The lowest BCUT2D eigenvalue weighted by molar-refractivity contribution is -0.120. The zero-order valence-corrected chi connectivity index (χ0v) is 21.0. The van der Waals surface area contributed by atoms with Gasteiger partial charge in [-0.1, -0.05) is 12.1 Å². The van der Waals surface area contributed by atoms with E-state index in [0.717, 1.165) is 48.8 Å². The molecule has 0 unspecified atom stereocenters. The third kappa shape index (κ3) is 7.23. The maximum absolute atomic E-state index is 13.4. The Morgan fingerprint density at radius 1 is 1.08 bits per heavy atom. The highest BCUT2D eigenvalue weighted by Crippen LogP contribution is 2.25. The van der Waals surface area contributed by atoms with Crippen molar-refractivity contribution >= 4 is 28.6 Å². The second-order valence-corrected chi connectivity index (χ2v) is 9.23. The first kappa shape index (κ1) is 26.0. The number of benzene rings is 2. The largest absolute Gasteiger partial charge is 0.395 e. The normalized spacial score (nSPS) is 14.3. The number of carbonyl (C=O) groups is 1. The minimum atomic E-state index is -0.289. The van der Waals surface area contributed by atoms with Gasteiger partial charge < -0.3 is 29.9 Å². The number of rotatable bonds is 11. The molecule has 0 saturated carbocycles. The van der Waals surface area contributed by atoms with Gasteiger partial charge in [-0.15, -0.1) is 11.3 Å². The topological polar surface area (TPSA) is 91.1 Å². The quantitative estimate of drug-likeness (QED) is 0.343. The summed E-state index contributed by atoms with van der Waals surface area (Å²) in [6.07, 6.45) is 0.791. The highest BCUT2D eigenvalue weighted by atomic mass is 32.1. The number of aromatic nitrogens is 1. The Bertz CT molecular complexity index is 1170. The summed E-state index contributed by atoms with van der Waals surface area (Å²) in [6.45, 7) is 5.03. The summed E-state index contributed by atoms with van der Waals surface area (Å²) in [7, 11) is 0. The van der Waals surface area contributed by atoms with E-state index < -0.39 is 0 Å². The molecule has 4 rings (SSSR count). The number of morpholine rings is 1. The fraction of sp³-hybridized carbons (Fsp3) is 0.385. The Morgan fingerprint density at radius 2 is 1.83 bits per heavy atom. The number of anilines is 1. The Hall–Kier alpha value is -3.05.